The van der Waals surface area contributed by atoms with E-state index in [0.717, 1.165) is 0 Å². The van der Waals surface area contributed by atoms with Crippen LogP contribution in [-0.2, 0) is 0 Å². The van der Waals surface area contributed by atoms with Crippen molar-refractivity contribution in [1.29, 1.82) is 0 Å². The molecule has 1 aliphatic carbocycles. The van der Waals surface area contributed by atoms with E-state index in [1.807, 2.05) is 0 Å². The van der Waals surface area contributed by atoms with Gasteiger partial charge in [-0.2, -0.15) is 0 Å². The molecule has 4 aromatic rings. The molecule has 0 radical (unpaired) electrons. The number of H-pyrrole nitrogens is 1. The molecule has 0 aromatic carbocycles. The third-order valence-corrected chi connectivity index (χ3v) is 6.04. The Bertz CT molecular complexity index is 1350. The highest BCUT2D eigenvalue weighted by Crippen LogP contribution is 2.31. The average Bonchev–Trinajstić information content (AvgIpc) is 3.32. The number of carboxylic acid groups (broad SMARTS) is 1. The van der Waals surface area contributed by atoms with Gasteiger partial charge >= 0.3 is 11.8 Å². The summed E-state index contributed by atoms with van der Waals surface area (Å²) in [6.45, 7) is 0. The zero-order valence-electron chi connectivity index (χ0n) is 16.7. The normalized spacial score (nSPS) is 19.2. The molecular formula is C20H20FN7O3. The Balaban J connectivity index is 1.52. The standard InChI is InChI=1S/C20H20FN7O3/c1-26(20(30)31)12-3-5-13(6-4-12)28-18-14(24-19(28)29)8-23-17(25-18)15-9-22-16-7-2-11(21)10-27(15)16/h2,7-10,12-13H,3-6H2,1H3,(H,24,29)(H,30,31)/t12-,13-. The molecule has 4 aromatic heterocycles. The number of fused-ring (bicyclic) bond motifs is 2. The Hall–Kier alpha value is -3.76. The lowest BCUT2D eigenvalue weighted by Crippen LogP contribution is -2.39. The molecule has 1 saturated carbocycles. The molecule has 10 nitrogen and oxygen atoms in total. The molecular weight excluding hydrogens is 405 g/mol. The van der Waals surface area contributed by atoms with Crippen LogP contribution in [0.4, 0.5) is 9.18 Å². The van der Waals surface area contributed by atoms with Crippen molar-refractivity contribution in [1.82, 2.24) is 33.8 Å². The van der Waals surface area contributed by atoms with Crippen LogP contribution in [-0.4, -0.2) is 58.1 Å². The minimum absolute atomic E-state index is 0.0621. The summed E-state index contributed by atoms with van der Waals surface area (Å²) in [5, 5.41) is 9.20. The van der Waals surface area contributed by atoms with E-state index in [9.17, 15) is 19.1 Å². The molecule has 0 unspecified atom stereocenters. The fraction of sp³-hybridized carbons (Fsp3) is 0.350. The van der Waals surface area contributed by atoms with Crippen molar-refractivity contribution in [2.45, 2.75) is 37.8 Å². The summed E-state index contributed by atoms with van der Waals surface area (Å²) in [5.41, 5.74) is 1.78. The van der Waals surface area contributed by atoms with Crippen LogP contribution < -0.4 is 5.69 Å². The van der Waals surface area contributed by atoms with Gasteiger partial charge in [0.1, 0.15) is 22.7 Å². The van der Waals surface area contributed by atoms with Gasteiger partial charge in [0.05, 0.1) is 12.4 Å². The van der Waals surface area contributed by atoms with Crippen molar-refractivity contribution in [3.8, 4) is 11.5 Å². The lowest BCUT2D eigenvalue weighted by molar-refractivity contribution is 0.119. The van der Waals surface area contributed by atoms with E-state index in [-0.39, 0.29) is 17.8 Å². The number of nitrogens with one attached hydrogen (secondary N) is 1. The summed E-state index contributed by atoms with van der Waals surface area (Å²) in [4.78, 5) is 41.2. The van der Waals surface area contributed by atoms with Crippen LogP contribution in [0, 0.1) is 5.82 Å². The van der Waals surface area contributed by atoms with Crippen LogP contribution in [0.3, 0.4) is 0 Å². The van der Waals surface area contributed by atoms with E-state index in [2.05, 4.69) is 19.9 Å². The molecule has 0 atom stereocenters. The zero-order valence-corrected chi connectivity index (χ0v) is 16.7. The second kappa shape index (κ2) is 7.18. The lowest BCUT2D eigenvalue weighted by atomic mass is 9.90. The van der Waals surface area contributed by atoms with E-state index < -0.39 is 11.9 Å². The van der Waals surface area contributed by atoms with Gasteiger partial charge in [-0.15, -0.1) is 0 Å². The van der Waals surface area contributed by atoms with Gasteiger partial charge in [-0.1, -0.05) is 0 Å². The number of nitrogens with zero attached hydrogens (tertiary/aromatic N) is 6. The molecule has 11 heteroatoms. The first kappa shape index (κ1) is 19.2. The molecule has 5 rings (SSSR count). The molecule has 0 saturated heterocycles. The van der Waals surface area contributed by atoms with Crippen LogP contribution in [0.1, 0.15) is 31.7 Å². The number of halogens is 1. The smallest absolute Gasteiger partial charge is 0.407 e. The predicted octanol–water partition coefficient (Wildman–Crippen LogP) is 2.67. The van der Waals surface area contributed by atoms with Gasteiger partial charge in [-0.05, 0) is 37.8 Å². The largest absolute Gasteiger partial charge is 0.465 e. The number of amides is 1. The van der Waals surface area contributed by atoms with Gasteiger partial charge in [-0.25, -0.2) is 28.9 Å². The summed E-state index contributed by atoms with van der Waals surface area (Å²) in [6, 6.07) is 2.74. The van der Waals surface area contributed by atoms with Gasteiger partial charge < -0.3 is 15.0 Å². The summed E-state index contributed by atoms with van der Waals surface area (Å²) in [5.74, 6) is -0.0767. The van der Waals surface area contributed by atoms with Crippen molar-refractivity contribution >= 4 is 22.9 Å². The number of carbonyl (C=O) groups is 1. The molecule has 4 heterocycles. The maximum atomic E-state index is 13.7. The topological polar surface area (TPSA) is 121 Å². The first-order valence-electron chi connectivity index (χ1n) is 9.98. The van der Waals surface area contributed by atoms with Gasteiger partial charge in [0.25, 0.3) is 0 Å². The molecule has 2 N–H and O–H groups in total. The van der Waals surface area contributed by atoms with Crippen molar-refractivity contribution in [3.63, 3.8) is 0 Å². The fourth-order valence-corrected chi connectivity index (χ4v) is 4.36. The second-order valence-corrected chi connectivity index (χ2v) is 7.81. The van der Waals surface area contributed by atoms with E-state index in [4.69, 9.17) is 0 Å². The maximum absolute atomic E-state index is 13.7. The van der Waals surface area contributed by atoms with Crippen LogP contribution >= 0.6 is 0 Å². The lowest BCUT2D eigenvalue weighted by Gasteiger charge is -2.33. The molecule has 31 heavy (non-hydrogen) atoms. The Labute approximate surface area is 175 Å². The Morgan fingerprint density at radius 3 is 2.74 bits per heavy atom. The van der Waals surface area contributed by atoms with Crippen molar-refractivity contribution in [2.24, 2.45) is 0 Å². The van der Waals surface area contributed by atoms with Crippen LogP contribution in [0.25, 0.3) is 28.3 Å². The Morgan fingerprint density at radius 2 is 2.00 bits per heavy atom. The van der Waals surface area contributed by atoms with Gasteiger partial charge in [0.15, 0.2) is 11.5 Å². The third-order valence-electron chi connectivity index (χ3n) is 6.04. The number of hydrogen-bond acceptors (Lipinski definition) is 5. The van der Waals surface area contributed by atoms with Gasteiger partial charge in [-0.3, -0.25) is 8.97 Å². The van der Waals surface area contributed by atoms with Crippen molar-refractivity contribution < 1.29 is 14.3 Å². The predicted molar refractivity (Wildman–Crippen MR) is 109 cm³/mol. The SMILES string of the molecule is CN(C(=O)O)[C@H]1CC[C@H](n2c(=O)[nH]c3cnc(-c4cnc5ccc(F)cn45)nc32)CC1. The second-order valence-electron chi connectivity index (χ2n) is 7.81. The van der Waals surface area contributed by atoms with Gasteiger partial charge in [0.2, 0.25) is 0 Å². The fourth-order valence-electron chi connectivity index (χ4n) is 4.36. The van der Waals surface area contributed by atoms with E-state index >= 15 is 0 Å². The number of pyridine rings is 1. The monoisotopic (exact) mass is 425 g/mol. The maximum Gasteiger partial charge on any atom is 0.407 e. The molecule has 0 spiro atoms. The zero-order chi connectivity index (χ0) is 21.7. The van der Waals surface area contributed by atoms with Crippen molar-refractivity contribution in [3.05, 3.63) is 47.0 Å². The molecule has 0 bridgehead atoms. The minimum atomic E-state index is -0.949. The average molecular weight is 425 g/mol. The highest BCUT2D eigenvalue weighted by molar-refractivity contribution is 5.72. The first-order valence-corrected chi connectivity index (χ1v) is 9.98. The molecule has 1 aliphatic rings. The van der Waals surface area contributed by atoms with E-state index in [1.165, 1.54) is 23.4 Å². The first-order chi connectivity index (χ1) is 14.9. The minimum Gasteiger partial charge on any atom is -0.465 e. The quantitative estimate of drug-likeness (QED) is 0.521. The van der Waals surface area contributed by atoms with Crippen LogP contribution in [0.15, 0.2) is 35.5 Å². The molecule has 1 fully saturated rings. The molecule has 0 aliphatic heterocycles. The summed E-state index contributed by atoms with van der Waals surface area (Å²) < 4.78 is 16.9. The van der Waals surface area contributed by atoms with E-state index in [1.54, 1.807) is 28.3 Å². The third kappa shape index (κ3) is 3.22. The number of aromatic amines is 1. The number of rotatable bonds is 3. The van der Waals surface area contributed by atoms with Crippen molar-refractivity contribution in [2.75, 3.05) is 7.05 Å². The summed E-state index contributed by atoms with van der Waals surface area (Å²) in [7, 11) is 1.57. The summed E-state index contributed by atoms with van der Waals surface area (Å²) >= 11 is 0. The summed E-state index contributed by atoms with van der Waals surface area (Å²) in [6.07, 6.45) is 6.12. The number of hydrogen-bond donors (Lipinski definition) is 2. The van der Waals surface area contributed by atoms with Crippen LogP contribution in [0.5, 0.6) is 0 Å². The van der Waals surface area contributed by atoms with E-state index in [0.29, 0.717) is 54.0 Å². The number of imidazole rings is 2. The Morgan fingerprint density at radius 1 is 1.23 bits per heavy atom. The number of aromatic nitrogens is 6. The highest BCUT2D eigenvalue weighted by Gasteiger charge is 2.29. The van der Waals surface area contributed by atoms with Gasteiger partial charge in [0, 0.05) is 25.3 Å². The molecule has 1 amide bonds. The van der Waals surface area contributed by atoms with Crippen LogP contribution in [0.2, 0.25) is 0 Å². The Kier molecular flexibility index (Phi) is 4.45. The highest BCUT2D eigenvalue weighted by atomic mass is 19.1. The molecule has 160 valence electrons.